The Hall–Kier alpha value is -5.16. The Labute approximate surface area is 289 Å². The van der Waals surface area contributed by atoms with Crippen molar-refractivity contribution in [1.29, 1.82) is 0 Å². The van der Waals surface area contributed by atoms with E-state index in [1.807, 2.05) is 84.9 Å². The lowest BCUT2D eigenvalue weighted by Gasteiger charge is -2.37. The highest BCUT2D eigenvalue weighted by Crippen LogP contribution is 2.43. The molecule has 1 aliphatic heterocycles. The molecule has 1 saturated heterocycles. The predicted octanol–water partition coefficient (Wildman–Crippen LogP) is 6.45. The van der Waals surface area contributed by atoms with E-state index >= 15 is 0 Å². The van der Waals surface area contributed by atoms with Crippen LogP contribution in [0.2, 0.25) is 0 Å². The molecule has 0 bridgehead atoms. The number of nitrogens with one attached hydrogen (secondary N) is 1. The fourth-order valence-corrected chi connectivity index (χ4v) is 6.58. The van der Waals surface area contributed by atoms with Crippen LogP contribution in [0.4, 0.5) is 5.69 Å². The number of rotatable bonds is 13. The van der Waals surface area contributed by atoms with Crippen molar-refractivity contribution in [3.05, 3.63) is 160 Å². The number of pyridine rings is 1. The van der Waals surface area contributed by atoms with Gasteiger partial charge in [0.05, 0.1) is 20.8 Å². The average Bonchev–Trinajstić information content (AvgIpc) is 3.54. The number of carbonyl (C=O) groups is 1. The molecule has 1 amide bonds. The molecular weight excluding hydrogens is 659 g/mol. The van der Waals surface area contributed by atoms with E-state index in [1.54, 1.807) is 44.6 Å². The van der Waals surface area contributed by atoms with Crippen LogP contribution in [-0.2, 0) is 24.2 Å². The number of hydrogen-bond acceptors (Lipinski definition) is 8. The van der Waals surface area contributed by atoms with E-state index in [9.17, 15) is 19.0 Å². The van der Waals surface area contributed by atoms with E-state index in [2.05, 4.69) is 5.32 Å². The van der Waals surface area contributed by atoms with Crippen LogP contribution < -0.4 is 20.3 Å². The number of methoxy groups -OCH3 is 2. The number of benzene rings is 4. The van der Waals surface area contributed by atoms with Crippen LogP contribution in [0.3, 0.4) is 0 Å². The lowest BCUT2D eigenvalue weighted by atomic mass is 9.80. The molecule has 0 radical (unpaired) electrons. The van der Waals surface area contributed by atoms with Crippen molar-refractivity contribution in [1.82, 2.24) is 4.57 Å². The number of carbonyl (C=O) groups excluding carboxylic acids is 1. The van der Waals surface area contributed by atoms with E-state index in [4.69, 9.17) is 23.5 Å². The molecule has 4 aromatic carbocycles. The van der Waals surface area contributed by atoms with Crippen LogP contribution in [0.15, 0.2) is 132 Å². The molecule has 50 heavy (non-hydrogen) atoms. The second kappa shape index (κ2) is 15.6. The Balaban J connectivity index is 1.31. The number of amides is 1. The summed E-state index contributed by atoms with van der Waals surface area (Å²) in [6.45, 7) is -0.0861. The van der Waals surface area contributed by atoms with Crippen molar-refractivity contribution in [3.63, 3.8) is 0 Å². The Morgan fingerprint density at radius 2 is 1.42 bits per heavy atom. The fraction of sp³-hybridized carbons (Fsp3) is 0.211. The first-order valence-electron chi connectivity index (χ1n) is 15.9. The van der Waals surface area contributed by atoms with E-state index in [0.717, 1.165) is 16.7 Å². The van der Waals surface area contributed by atoms with E-state index in [-0.39, 0.29) is 18.9 Å². The summed E-state index contributed by atoms with van der Waals surface area (Å²) in [4.78, 5) is 35.7. The summed E-state index contributed by atoms with van der Waals surface area (Å²) in [7, 11) is 0.192. The number of aromatic nitrogens is 1. The highest BCUT2D eigenvalue weighted by Gasteiger charge is 2.45. The molecule has 6 rings (SSSR count). The zero-order valence-corrected chi connectivity index (χ0v) is 28.3. The highest BCUT2D eigenvalue weighted by atomic mass is 31.1. The Morgan fingerprint density at radius 3 is 1.96 bits per heavy atom. The van der Waals surface area contributed by atoms with Crippen LogP contribution in [0.5, 0.6) is 11.5 Å². The molecule has 0 spiro atoms. The van der Waals surface area contributed by atoms with E-state index in [1.165, 1.54) is 16.8 Å². The average molecular weight is 696 g/mol. The molecule has 1 aliphatic rings. The molecule has 1 fully saturated rings. The topological polar surface area (TPSA) is 135 Å². The molecule has 2 N–H and O–H groups in total. The number of hydrogen-bond donors (Lipinski definition) is 2. The van der Waals surface area contributed by atoms with Crippen LogP contribution in [0.25, 0.3) is 0 Å². The summed E-state index contributed by atoms with van der Waals surface area (Å²) in [5.41, 5.74) is 1.55. The minimum atomic E-state index is -3.00. The molecule has 11 nitrogen and oxygen atoms in total. The fourth-order valence-electron chi connectivity index (χ4n) is 6.13. The SMILES string of the molecule is COc1ccc(C(OC[C@H]2O[C@@H](n3ccc(NC(=O)c4ccccc4)cc3=O)C[C@H]2O[P+](=O)O)(c2ccccc2)c2ccc(OC)cc2)cc1. The minimum Gasteiger partial charge on any atom is -0.497 e. The van der Waals surface area contributed by atoms with Crippen molar-refractivity contribution in [3.8, 4) is 11.5 Å². The Bertz CT molecular complexity index is 1920. The van der Waals surface area contributed by atoms with Gasteiger partial charge in [-0.3, -0.25) is 14.2 Å². The minimum absolute atomic E-state index is 0.0861. The molecule has 4 atom stereocenters. The highest BCUT2D eigenvalue weighted by molar-refractivity contribution is 7.32. The zero-order chi connectivity index (χ0) is 35.1. The van der Waals surface area contributed by atoms with Gasteiger partial charge in [-0.1, -0.05) is 72.8 Å². The van der Waals surface area contributed by atoms with Crippen molar-refractivity contribution >= 4 is 19.8 Å². The first-order valence-corrected chi connectivity index (χ1v) is 17.0. The number of nitrogens with zero attached hydrogens (tertiary/aromatic N) is 1. The summed E-state index contributed by atoms with van der Waals surface area (Å²) >= 11 is 0. The van der Waals surface area contributed by atoms with Crippen molar-refractivity contribution in [2.45, 2.75) is 30.5 Å². The van der Waals surface area contributed by atoms with Crippen LogP contribution in [-0.4, -0.2) is 48.4 Å². The molecule has 0 saturated carbocycles. The maximum Gasteiger partial charge on any atom is 0.695 e. The Kier molecular flexibility index (Phi) is 10.8. The van der Waals surface area contributed by atoms with Gasteiger partial charge in [-0.05, 0) is 59.2 Å². The van der Waals surface area contributed by atoms with Gasteiger partial charge in [-0.2, -0.15) is 0 Å². The second-order valence-electron chi connectivity index (χ2n) is 11.5. The third kappa shape index (κ3) is 7.52. The lowest BCUT2D eigenvalue weighted by Crippen LogP contribution is -2.38. The smallest absolute Gasteiger partial charge is 0.497 e. The first-order chi connectivity index (χ1) is 24.3. The molecule has 2 heterocycles. The lowest BCUT2D eigenvalue weighted by molar-refractivity contribution is -0.0915. The van der Waals surface area contributed by atoms with Crippen molar-refractivity contribution < 1.29 is 37.7 Å². The zero-order valence-electron chi connectivity index (χ0n) is 27.4. The van der Waals surface area contributed by atoms with Gasteiger partial charge in [-0.15, -0.1) is 9.42 Å². The monoisotopic (exact) mass is 695 g/mol. The maximum absolute atomic E-state index is 13.3. The normalized spacial score (nSPS) is 17.6. The third-order valence-electron chi connectivity index (χ3n) is 8.60. The molecule has 1 aromatic heterocycles. The van der Waals surface area contributed by atoms with Crippen LogP contribution in [0.1, 0.15) is 39.7 Å². The molecular formula is C38H36N2O9P+. The van der Waals surface area contributed by atoms with Crippen LogP contribution >= 0.6 is 8.25 Å². The number of ether oxygens (including phenoxy) is 4. The number of anilines is 1. The third-order valence-corrected chi connectivity index (χ3v) is 9.05. The van der Waals surface area contributed by atoms with Crippen LogP contribution in [0, 0.1) is 0 Å². The largest absolute Gasteiger partial charge is 0.695 e. The van der Waals surface area contributed by atoms with Gasteiger partial charge in [0.2, 0.25) is 0 Å². The summed E-state index contributed by atoms with van der Waals surface area (Å²) in [5.74, 6) is 0.986. The van der Waals surface area contributed by atoms with E-state index in [0.29, 0.717) is 22.7 Å². The maximum atomic E-state index is 13.3. The van der Waals surface area contributed by atoms with Gasteiger partial charge < -0.3 is 24.3 Å². The quantitative estimate of drug-likeness (QED) is 0.105. The van der Waals surface area contributed by atoms with Gasteiger partial charge in [-0.25, -0.2) is 0 Å². The first kappa shape index (κ1) is 34.7. The molecule has 1 unspecified atom stereocenters. The Morgan fingerprint density at radius 1 is 0.860 bits per heavy atom. The van der Waals surface area contributed by atoms with Gasteiger partial charge >= 0.3 is 8.25 Å². The van der Waals surface area contributed by atoms with Crippen molar-refractivity contribution in [2.75, 3.05) is 26.1 Å². The standard InChI is InChI=1S/C38H35N2O9P/c1-45-31-17-13-28(14-18-31)38(27-11-7-4-8-12-27,29-15-19-32(46-2)20-16-29)47-25-34-33(49-50(43)44)24-36(48-34)40-22-21-30(23-35(40)41)39-37(42)26-9-5-3-6-10-26/h3-23,33-34,36H,24-25H2,1-2H3,(H-,39,41,42,43,44)/p+1/t33-,34-,36-/m1/s1. The molecule has 0 aliphatic carbocycles. The summed E-state index contributed by atoms with van der Waals surface area (Å²) in [6, 6.07) is 36.3. The summed E-state index contributed by atoms with van der Waals surface area (Å²) in [6.07, 6.45) is -0.985. The van der Waals surface area contributed by atoms with Gasteiger partial charge in [0.15, 0.2) is 0 Å². The van der Waals surface area contributed by atoms with Crippen molar-refractivity contribution in [2.24, 2.45) is 0 Å². The molecule has 5 aromatic rings. The second-order valence-corrected chi connectivity index (χ2v) is 12.2. The molecule has 256 valence electrons. The van der Waals surface area contributed by atoms with E-state index < -0.39 is 37.9 Å². The van der Waals surface area contributed by atoms with Gasteiger partial charge in [0, 0.05) is 34.5 Å². The predicted molar refractivity (Wildman–Crippen MR) is 187 cm³/mol. The summed E-state index contributed by atoms with van der Waals surface area (Å²) < 4.78 is 42.9. The summed E-state index contributed by atoms with van der Waals surface area (Å²) in [5, 5.41) is 2.73. The van der Waals surface area contributed by atoms with Gasteiger partial charge in [0.1, 0.15) is 35.5 Å². The molecule has 12 heteroatoms. The van der Waals surface area contributed by atoms with Gasteiger partial charge in [0.25, 0.3) is 11.5 Å².